The predicted octanol–water partition coefficient (Wildman–Crippen LogP) is 2.61. The molecule has 1 aromatic carbocycles. The van der Waals surface area contributed by atoms with Crippen molar-refractivity contribution in [1.82, 2.24) is 5.32 Å². The molecule has 0 bridgehead atoms. The summed E-state index contributed by atoms with van der Waals surface area (Å²) in [5, 5.41) is 3.69. The topological polar surface area (TPSA) is 21.3 Å². The van der Waals surface area contributed by atoms with Gasteiger partial charge < -0.3 is 10.1 Å². The molecule has 0 saturated carbocycles. The summed E-state index contributed by atoms with van der Waals surface area (Å²) in [6.07, 6.45) is 4.73. The second-order valence-electron chi connectivity index (χ2n) is 4.86. The van der Waals surface area contributed by atoms with Crippen LogP contribution in [0.5, 0.6) is 5.75 Å². The van der Waals surface area contributed by atoms with Crippen LogP contribution in [-0.4, -0.2) is 13.2 Å². The van der Waals surface area contributed by atoms with Gasteiger partial charge in [0.25, 0.3) is 0 Å². The lowest BCUT2D eigenvalue weighted by atomic mass is 9.84. The standard InChI is InChI=1S/C14H19NO/c1-2-14(8-4-9-15-14)12-6-3-5-11-7-10-16-13(11)12/h3,5-6,15H,2,4,7-10H2,1H3. The first-order valence-corrected chi connectivity index (χ1v) is 6.36. The highest BCUT2D eigenvalue weighted by Gasteiger charge is 2.37. The average molecular weight is 217 g/mol. The largest absolute Gasteiger partial charge is 0.493 e. The third-order valence-corrected chi connectivity index (χ3v) is 4.08. The van der Waals surface area contributed by atoms with Crippen molar-refractivity contribution in [2.75, 3.05) is 13.2 Å². The molecule has 1 aromatic rings. The van der Waals surface area contributed by atoms with Crippen LogP contribution in [0.1, 0.15) is 37.3 Å². The average Bonchev–Trinajstić information content (AvgIpc) is 2.98. The second kappa shape index (κ2) is 3.77. The molecule has 16 heavy (non-hydrogen) atoms. The minimum Gasteiger partial charge on any atom is -0.493 e. The van der Waals surface area contributed by atoms with Gasteiger partial charge in [0.15, 0.2) is 0 Å². The fourth-order valence-corrected chi connectivity index (χ4v) is 3.12. The zero-order valence-electron chi connectivity index (χ0n) is 9.88. The third-order valence-electron chi connectivity index (χ3n) is 4.08. The van der Waals surface area contributed by atoms with E-state index in [1.165, 1.54) is 29.7 Å². The third kappa shape index (κ3) is 1.36. The Morgan fingerprint density at radius 2 is 2.38 bits per heavy atom. The Bertz CT molecular complexity index is 394. The Hall–Kier alpha value is -1.02. The predicted molar refractivity (Wildman–Crippen MR) is 64.8 cm³/mol. The van der Waals surface area contributed by atoms with Crippen molar-refractivity contribution in [1.29, 1.82) is 0 Å². The van der Waals surface area contributed by atoms with Crippen LogP contribution in [0.25, 0.3) is 0 Å². The lowest BCUT2D eigenvalue weighted by molar-refractivity contribution is 0.321. The lowest BCUT2D eigenvalue weighted by Gasteiger charge is -2.30. The second-order valence-corrected chi connectivity index (χ2v) is 4.86. The van der Waals surface area contributed by atoms with E-state index in [1.807, 2.05) is 0 Å². The van der Waals surface area contributed by atoms with Crippen LogP contribution in [0.4, 0.5) is 0 Å². The Morgan fingerprint density at radius 1 is 1.44 bits per heavy atom. The molecule has 0 radical (unpaired) electrons. The molecule has 1 fully saturated rings. The van der Waals surface area contributed by atoms with Gasteiger partial charge in [-0.25, -0.2) is 0 Å². The molecule has 1 unspecified atom stereocenters. The minimum absolute atomic E-state index is 0.176. The number of hydrogen-bond acceptors (Lipinski definition) is 2. The highest BCUT2D eigenvalue weighted by Crippen LogP contribution is 2.42. The van der Waals surface area contributed by atoms with Crippen LogP contribution in [0.15, 0.2) is 18.2 Å². The zero-order valence-corrected chi connectivity index (χ0v) is 9.88. The van der Waals surface area contributed by atoms with Crippen LogP contribution >= 0.6 is 0 Å². The summed E-state index contributed by atoms with van der Waals surface area (Å²) in [5.74, 6) is 1.17. The minimum atomic E-state index is 0.176. The molecule has 0 aromatic heterocycles. The molecule has 2 heterocycles. The Labute approximate surface area is 97.0 Å². The summed E-state index contributed by atoms with van der Waals surface area (Å²) >= 11 is 0. The van der Waals surface area contributed by atoms with Crippen LogP contribution in [0, 0.1) is 0 Å². The summed E-state index contributed by atoms with van der Waals surface area (Å²) in [4.78, 5) is 0. The van der Waals surface area contributed by atoms with Crippen molar-refractivity contribution in [3.8, 4) is 5.75 Å². The summed E-state index contributed by atoms with van der Waals surface area (Å²) in [5.41, 5.74) is 2.96. The van der Waals surface area contributed by atoms with Crippen molar-refractivity contribution >= 4 is 0 Å². The van der Waals surface area contributed by atoms with E-state index >= 15 is 0 Å². The first-order valence-electron chi connectivity index (χ1n) is 6.36. The SMILES string of the molecule is CCC1(c2cccc3c2OCC3)CCCN1. The van der Waals surface area contributed by atoms with Crippen molar-refractivity contribution in [2.24, 2.45) is 0 Å². The highest BCUT2D eigenvalue weighted by atomic mass is 16.5. The van der Waals surface area contributed by atoms with Crippen LogP contribution in [-0.2, 0) is 12.0 Å². The number of fused-ring (bicyclic) bond motifs is 1. The van der Waals surface area contributed by atoms with E-state index in [9.17, 15) is 0 Å². The molecule has 2 aliphatic rings. The van der Waals surface area contributed by atoms with Crippen molar-refractivity contribution in [3.05, 3.63) is 29.3 Å². The van der Waals surface area contributed by atoms with Crippen molar-refractivity contribution in [3.63, 3.8) is 0 Å². The number of benzene rings is 1. The van der Waals surface area contributed by atoms with Crippen LogP contribution < -0.4 is 10.1 Å². The molecule has 3 rings (SSSR count). The van der Waals surface area contributed by atoms with Gasteiger partial charge in [0.05, 0.1) is 6.61 Å². The first-order chi connectivity index (χ1) is 7.86. The number of para-hydroxylation sites is 1. The maximum Gasteiger partial charge on any atom is 0.127 e. The van der Waals surface area contributed by atoms with Gasteiger partial charge in [-0.05, 0) is 31.4 Å². The van der Waals surface area contributed by atoms with Gasteiger partial charge >= 0.3 is 0 Å². The first kappa shape index (κ1) is 10.2. The maximum absolute atomic E-state index is 5.83. The molecule has 0 amide bonds. The quantitative estimate of drug-likeness (QED) is 0.822. The van der Waals surface area contributed by atoms with Gasteiger partial charge in [-0.15, -0.1) is 0 Å². The van der Waals surface area contributed by atoms with Gasteiger partial charge in [0.2, 0.25) is 0 Å². The Balaban J connectivity index is 2.08. The van der Waals surface area contributed by atoms with E-state index in [0.717, 1.165) is 26.0 Å². The molecule has 2 heteroatoms. The Kier molecular flexibility index (Phi) is 2.40. The van der Waals surface area contributed by atoms with Crippen LogP contribution in [0.2, 0.25) is 0 Å². The molecule has 1 N–H and O–H groups in total. The molecule has 2 nitrogen and oxygen atoms in total. The lowest BCUT2D eigenvalue weighted by Crippen LogP contribution is -2.36. The molecule has 2 aliphatic heterocycles. The normalized spacial score (nSPS) is 27.8. The maximum atomic E-state index is 5.83. The molecular formula is C14H19NO. The monoisotopic (exact) mass is 217 g/mol. The highest BCUT2D eigenvalue weighted by molar-refractivity contribution is 5.48. The van der Waals surface area contributed by atoms with Crippen molar-refractivity contribution < 1.29 is 4.74 Å². The molecular weight excluding hydrogens is 198 g/mol. The van der Waals surface area contributed by atoms with E-state index in [4.69, 9.17) is 4.74 Å². The molecule has 86 valence electrons. The van der Waals surface area contributed by atoms with Gasteiger partial charge in [0, 0.05) is 17.5 Å². The smallest absolute Gasteiger partial charge is 0.127 e. The van der Waals surface area contributed by atoms with Crippen molar-refractivity contribution in [2.45, 2.75) is 38.1 Å². The number of nitrogens with one attached hydrogen (secondary N) is 1. The molecule has 0 aliphatic carbocycles. The van der Waals surface area contributed by atoms with E-state index in [1.54, 1.807) is 0 Å². The van der Waals surface area contributed by atoms with Gasteiger partial charge in [-0.2, -0.15) is 0 Å². The molecule has 1 atom stereocenters. The summed E-state index contributed by atoms with van der Waals surface area (Å²) in [6.45, 7) is 4.26. The van der Waals surface area contributed by atoms with E-state index in [2.05, 4.69) is 30.4 Å². The summed E-state index contributed by atoms with van der Waals surface area (Å²) in [6, 6.07) is 6.62. The fraction of sp³-hybridized carbons (Fsp3) is 0.571. The van der Waals surface area contributed by atoms with Gasteiger partial charge in [-0.3, -0.25) is 0 Å². The summed E-state index contributed by atoms with van der Waals surface area (Å²) < 4.78 is 5.83. The van der Waals surface area contributed by atoms with Crippen LogP contribution in [0.3, 0.4) is 0 Å². The van der Waals surface area contributed by atoms with E-state index in [0.29, 0.717) is 0 Å². The van der Waals surface area contributed by atoms with Gasteiger partial charge in [-0.1, -0.05) is 25.1 Å². The van der Waals surface area contributed by atoms with Gasteiger partial charge in [0.1, 0.15) is 5.75 Å². The van der Waals surface area contributed by atoms with E-state index < -0.39 is 0 Å². The van der Waals surface area contributed by atoms with E-state index in [-0.39, 0.29) is 5.54 Å². The molecule has 1 saturated heterocycles. The Morgan fingerprint density at radius 3 is 3.12 bits per heavy atom. The zero-order chi connectivity index (χ0) is 11.0. The number of ether oxygens (including phenoxy) is 1. The fourth-order valence-electron chi connectivity index (χ4n) is 3.12. The number of hydrogen-bond donors (Lipinski definition) is 1. The molecule has 0 spiro atoms. The summed E-state index contributed by atoms with van der Waals surface area (Å²) in [7, 11) is 0. The number of rotatable bonds is 2.